The Morgan fingerprint density at radius 1 is 1.43 bits per heavy atom. The number of nitrogens with zero attached hydrogens (tertiary/aromatic N) is 1. The van der Waals surface area contributed by atoms with E-state index in [1.807, 2.05) is 0 Å². The van der Waals surface area contributed by atoms with Gasteiger partial charge in [0.05, 0.1) is 10.6 Å². The number of carbonyl (C=O) groups is 2. The fourth-order valence-corrected chi connectivity index (χ4v) is 3.10. The number of aromatic carboxylic acids is 1. The smallest absolute Gasteiger partial charge is 0.355 e. The highest BCUT2D eigenvalue weighted by molar-refractivity contribution is 14.1. The molecule has 1 heterocycles. The summed E-state index contributed by atoms with van der Waals surface area (Å²) >= 11 is 9.21. The van der Waals surface area contributed by atoms with Gasteiger partial charge in [-0.2, -0.15) is 0 Å². The standard InChI is InChI=1S/C13H10ClIN2O3S/c14-7-1-2-9(15)8(5-7)12(18)16-4-3-11-17-10(6-21-11)13(19)20/h1-2,5-6H,3-4H2,(H,16,18)(H,19,20). The quantitative estimate of drug-likeness (QED) is 0.706. The number of nitrogens with one attached hydrogen (secondary N) is 1. The zero-order chi connectivity index (χ0) is 15.4. The SMILES string of the molecule is O=C(O)c1csc(CCNC(=O)c2cc(Cl)ccc2I)n1. The number of hydrogen-bond acceptors (Lipinski definition) is 4. The van der Waals surface area contributed by atoms with Crippen LogP contribution in [0.15, 0.2) is 23.6 Å². The van der Waals surface area contributed by atoms with Crippen LogP contribution in [0.2, 0.25) is 5.02 Å². The normalized spacial score (nSPS) is 10.4. The number of carbonyl (C=O) groups excluding carboxylic acids is 1. The Labute approximate surface area is 143 Å². The summed E-state index contributed by atoms with van der Waals surface area (Å²) in [5.41, 5.74) is 0.555. The van der Waals surface area contributed by atoms with Crippen molar-refractivity contribution in [3.63, 3.8) is 0 Å². The minimum Gasteiger partial charge on any atom is -0.476 e. The van der Waals surface area contributed by atoms with Gasteiger partial charge in [-0.15, -0.1) is 11.3 Å². The van der Waals surface area contributed by atoms with Gasteiger partial charge in [0.2, 0.25) is 0 Å². The summed E-state index contributed by atoms with van der Waals surface area (Å²) in [6.07, 6.45) is 0.487. The number of rotatable bonds is 5. The molecule has 0 aliphatic carbocycles. The summed E-state index contributed by atoms with van der Waals surface area (Å²) in [5.74, 6) is -1.26. The minimum absolute atomic E-state index is 0.0331. The second kappa shape index (κ2) is 7.19. The van der Waals surface area contributed by atoms with Gasteiger partial charge in [0.25, 0.3) is 5.91 Å². The predicted molar refractivity (Wildman–Crippen MR) is 89.3 cm³/mol. The highest BCUT2D eigenvalue weighted by atomic mass is 127. The van der Waals surface area contributed by atoms with E-state index in [1.165, 1.54) is 16.7 Å². The highest BCUT2D eigenvalue weighted by Gasteiger charge is 2.11. The summed E-state index contributed by atoms with van der Waals surface area (Å²) in [6.45, 7) is 0.383. The Morgan fingerprint density at radius 3 is 2.86 bits per heavy atom. The molecule has 0 atom stereocenters. The van der Waals surface area contributed by atoms with Gasteiger partial charge in [0.1, 0.15) is 0 Å². The topological polar surface area (TPSA) is 79.3 Å². The van der Waals surface area contributed by atoms with E-state index in [2.05, 4.69) is 32.9 Å². The second-order valence-corrected chi connectivity index (χ2v) is 6.60. The van der Waals surface area contributed by atoms with E-state index in [-0.39, 0.29) is 11.6 Å². The van der Waals surface area contributed by atoms with Gasteiger partial charge in [-0.3, -0.25) is 4.79 Å². The molecule has 1 aromatic carbocycles. The Kier molecular flexibility index (Phi) is 5.54. The van der Waals surface area contributed by atoms with E-state index < -0.39 is 5.97 Å². The fourth-order valence-electron chi connectivity index (χ4n) is 1.57. The second-order valence-electron chi connectivity index (χ2n) is 4.06. The number of amides is 1. The van der Waals surface area contributed by atoms with E-state index in [4.69, 9.17) is 16.7 Å². The van der Waals surface area contributed by atoms with E-state index in [0.717, 1.165) is 3.57 Å². The van der Waals surface area contributed by atoms with Crippen LogP contribution in [0.3, 0.4) is 0 Å². The number of benzene rings is 1. The van der Waals surface area contributed by atoms with Crippen LogP contribution in [0.5, 0.6) is 0 Å². The zero-order valence-electron chi connectivity index (χ0n) is 10.6. The molecule has 21 heavy (non-hydrogen) atoms. The molecule has 2 N–H and O–H groups in total. The largest absolute Gasteiger partial charge is 0.476 e. The van der Waals surface area contributed by atoms with Gasteiger partial charge in [0.15, 0.2) is 5.69 Å². The van der Waals surface area contributed by atoms with Crippen LogP contribution in [-0.2, 0) is 6.42 Å². The lowest BCUT2D eigenvalue weighted by Crippen LogP contribution is -2.26. The number of carboxylic acids is 1. The zero-order valence-corrected chi connectivity index (χ0v) is 14.3. The molecule has 5 nitrogen and oxygen atoms in total. The lowest BCUT2D eigenvalue weighted by atomic mass is 10.2. The summed E-state index contributed by atoms with van der Waals surface area (Å²) in [4.78, 5) is 26.7. The maximum absolute atomic E-state index is 12.0. The molecule has 0 aliphatic rings. The van der Waals surface area contributed by atoms with E-state index in [1.54, 1.807) is 18.2 Å². The average molecular weight is 437 g/mol. The Bertz CT molecular complexity index is 690. The average Bonchev–Trinajstić information content (AvgIpc) is 2.90. The highest BCUT2D eigenvalue weighted by Crippen LogP contribution is 2.18. The molecule has 0 saturated carbocycles. The molecule has 2 rings (SSSR count). The molecule has 0 saturated heterocycles. The maximum atomic E-state index is 12.0. The minimum atomic E-state index is -1.05. The molecule has 0 aliphatic heterocycles. The number of thiazole rings is 1. The van der Waals surface area contributed by atoms with Crippen molar-refractivity contribution in [1.82, 2.24) is 10.3 Å². The fraction of sp³-hybridized carbons (Fsp3) is 0.154. The van der Waals surface area contributed by atoms with Crippen molar-refractivity contribution < 1.29 is 14.7 Å². The van der Waals surface area contributed by atoms with Crippen molar-refractivity contribution in [3.05, 3.63) is 48.4 Å². The molecule has 0 radical (unpaired) electrons. The number of hydrogen-bond donors (Lipinski definition) is 2. The number of aromatic nitrogens is 1. The van der Waals surface area contributed by atoms with Crippen LogP contribution in [-0.4, -0.2) is 28.5 Å². The van der Waals surface area contributed by atoms with Crippen molar-refractivity contribution in [3.8, 4) is 0 Å². The van der Waals surface area contributed by atoms with Crippen LogP contribution in [0.4, 0.5) is 0 Å². The molecule has 8 heteroatoms. The van der Waals surface area contributed by atoms with Gasteiger partial charge in [-0.05, 0) is 40.8 Å². The predicted octanol–water partition coefficient (Wildman–Crippen LogP) is 3.07. The first-order chi connectivity index (χ1) is 9.97. The molecular weight excluding hydrogens is 427 g/mol. The third kappa shape index (κ3) is 4.39. The summed E-state index contributed by atoms with van der Waals surface area (Å²) in [6, 6.07) is 5.12. The first-order valence-electron chi connectivity index (χ1n) is 5.88. The van der Waals surface area contributed by atoms with Crippen molar-refractivity contribution in [1.29, 1.82) is 0 Å². The van der Waals surface area contributed by atoms with Crippen LogP contribution < -0.4 is 5.32 Å². The monoisotopic (exact) mass is 436 g/mol. The van der Waals surface area contributed by atoms with E-state index in [0.29, 0.717) is 28.6 Å². The van der Waals surface area contributed by atoms with Crippen molar-refractivity contribution in [2.45, 2.75) is 6.42 Å². The van der Waals surface area contributed by atoms with Crippen LogP contribution >= 0.6 is 45.5 Å². The molecule has 110 valence electrons. The van der Waals surface area contributed by atoms with Gasteiger partial charge in [0, 0.05) is 26.9 Å². The molecule has 0 fully saturated rings. The molecule has 2 aromatic rings. The van der Waals surface area contributed by atoms with Crippen LogP contribution in [0.25, 0.3) is 0 Å². The van der Waals surface area contributed by atoms with Gasteiger partial charge >= 0.3 is 5.97 Å². The van der Waals surface area contributed by atoms with Gasteiger partial charge < -0.3 is 10.4 Å². The first kappa shape index (κ1) is 16.2. The molecule has 1 amide bonds. The molecule has 0 unspecified atom stereocenters. The molecule has 0 spiro atoms. The summed E-state index contributed by atoms with van der Waals surface area (Å²) in [5, 5.41) is 14.2. The Morgan fingerprint density at radius 2 is 2.19 bits per heavy atom. The first-order valence-corrected chi connectivity index (χ1v) is 8.22. The van der Waals surface area contributed by atoms with E-state index >= 15 is 0 Å². The summed E-state index contributed by atoms with van der Waals surface area (Å²) < 4.78 is 0.817. The van der Waals surface area contributed by atoms with Gasteiger partial charge in [-0.1, -0.05) is 11.6 Å². The van der Waals surface area contributed by atoms with Crippen molar-refractivity contribution in [2.75, 3.05) is 6.54 Å². The molecular formula is C13H10ClIN2O3S. The number of carboxylic acid groups (broad SMARTS) is 1. The Balaban J connectivity index is 1.92. The summed E-state index contributed by atoms with van der Waals surface area (Å²) in [7, 11) is 0. The lowest BCUT2D eigenvalue weighted by molar-refractivity contribution is 0.0690. The van der Waals surface area contributed by atoms with Crippen molar-refractivity contribution >= 4 is 57.4 Å². The third-order valence-electron chi connectivity index (χ3n) is 2.57. The third-order valence-corrected chi connectivity index (χ3v) is 4.65. The number of halogens is 2. The molecule has 0 bridgehead atoms. The van der Waals surface area contributed by atoms with Crippen molar-refractivity contribution in [2.24, 2.45) is 0 Å². The molecule has 1 aromatic heterocycles. The van der Waals surface area contributed by atoms with Crippen LogP contribution in [0.1, 0.15) is 25.9 Å². The lowest BCUT2D eigenvalue weighted by Gasteiger charge is -2.06. The van der Waals surface area contributed by atoms with Crippen LogP contribution in [0, 0.1) is 3.57 Å². The van der Waals surface area contributed by atoms with Gasteiger partial charge in [-0.25, -0.2) is 9.78 Å². The maximum Gasteiger partial charge on any atom is 0.355 e. The Hall–Kier alpha value is -1.19. The van der Waals surface area contributed by atoms with E-state index in [9.17, 15) is 9.59 Å².